The average molecular weight is 641 g/mol. The Hall–Kier alpha value is -1.17. The van der Waals surface area contributed by atoms with Crippen LogP contribution in [0.3, 0.4) is 0 Å². The molecule has 8 nitrogen and oxygen atoms in total. The van der Waals surface area contributed by atoms with Gasteiger partial charge in [0.25, 0.3) is 10.0 Å². The maximum absolute atomic E-state index is 13.1. The number of aromatic nitrogens is 3. The molecule has 0 radical (unpaired) electrons. The van der Waals surface area contributed by atoms with E-state index >= 15 is 0 Å². The highest BCUT2D eigenvalue weighted by Crippen LogP contribution is 2.37. The van der Waals surface area contributed by atoms with Gasteiger partial charge < -0.3 is 10.2 Å². The van der Waals surface area contributed by atoms with Crippen LogP contribution in [0.4, 0.5) is 11.5 Å². The lowest BCUT2D eigenvalue weighted by Gasteiger charge is -2.28. The van der Waals surface area contributed by atoms with Crippen LogP contribution in [0, 0.1) is 13.8 Å². The number of hydrogen-bond acceptors (Lipinski definition) is 6. The molecule has 1 fully saturated rings. The maximum Gasteiger partial charge on any atom is 0.264 e. The highest BCUT2D eigenvalue weighted by molar-refractivity contribution is 7.93. The van der Waals surface area contributed by atoms with Crippen molar-refractivity contribution in [3.05, 3.63) is 51.9 Å². The summed E-state index contributed by atoms with van der Waals surface area (Å²) in [5, 5.41) is 7.65. The van der Waals surface area contributed by atoms with Crippen molar-refractivity contribution >= 4 is 94.4 Å². The molecule has 3 aromatic rings. The molecule has 202 valence electrons. The highest BCUT2D eigenvalue weighted by atomic mass is 35.5. The van der Waals surface area contributed by atoms with Crippen LogP contribution in [-0.2, 0) is 17.1 Å². The number of nitrogens with one attached hydrogen (secondary N) is 2. The molecule has 0 spiro atoms. The van der Waals surface area contributed by atoms with Crippen molar-refractivity contribution in [3.8, 4) is 11.1 Å². The first-order valence-corrected chi connectivity index (χ1v) is 12.4. The molecule has 3 heterocycles. The number of pyridine rings is 1. The molecule has 0 atom stereocenters. The van der Waals surface area contributed by atoms with Crippen molar-refractivity contribution < 1.29 is 8.42 Å². The Labute approximate surface area is 246 Å². The highest BCUT2D eigenvalue weighted by Gasteiger charge is 2.26. The van der Waals surface area contributed by atoms with Crippen LogP contribution in [-0.4, -0.2) is 49.4 Å². The lowest BCUT2D eigenvalue weighted by Crippen LogP contribution is -2.43. The third-order valence-electron chi connectivity index (χ3n) is 5.53. The summed E-state index contributed by atoms with van der Waals surface area (Å²) in [5.74, 6) is 0.858. The zero-order chi connectivity index (χ0) is 23.0. The minimum atomic E-state index is -4.03. The molecule has 0 unspecified atom stereocenters. The Morgan fingerprint density at radius 2 is 1.56 bits per heavy atom. The number of rotatable bonds is 5. The molecule has 1 aliphatic heterocycles. The minimum absolute atomic E-state index is 0. The summed E-state index contributed by atoms with van der Waals surface area (Å²) < 4.78 is 30.4. The molecule has 0 amide bonds. The van der Waals surface area contributed by atoms with Crippen LogP contribution in [0.25, 0.3) is 11.1 Å². The second kappa shape index (κ2) is 14.1. The van der Waals surface area contributed by atoms with E-state index in [1.807, 2.05) is 12.1 Å². The van der Waals surface area contributed by atoms with Crippen LogP contribution in [0.5, 0.6) is 0 Å². The maximum atomic E-state index is 13.1. The quantitative estimate of drug-likeness (QED) is 0.393. The van der Waals surface area contributed by atoms with Gasteiger partial charge in [0.15, 0.2) is 0 Å². The summed E-state index contributed by atoms with van der Waals surface area (Å²) in [5.41, 5.74) is 3.24. The largest absolute Gasteiger partial charge is 0.354 e. The molecule has 36 heavy (non-hydrogen) atoms. The van der Waals surface area contributed by atoms with Gasteiger partial charge in [0.1, 0.15) is 10.7 Å². The topological polar surface area (TPSA) is 92.1 Å². The van der Waals surface area contributed by atoms with Crippen LogP contribution < -0.4 is 14.9 Å². The Morgan fingerprint density at radius 1 is 0.972 bits per heavy atom. The predicted molar refractivity (Wildman–Crippen MR) is 157 cm³/mol. The van der Waals surface area contributed by atoms with E-state index in [0.29, 0.717) is 22.6 Å². The molecule has 1 saturated heterocycles. The lowest BCUT2D eigenvalue weighted by atomic mass is 10.1. The summed E-state index contributed by atoms with van der Waals surface area (Å²) in [6.07, 6.45) is 1.73. The van der Waals surface area contributed by atoms with Crippen LogP contribution in [0.2, 0.25) is 10.0 Å². The third-order valence-corrected chi connectivity index (χ3v) is 7.80. The second-order valence-corrected chi connectivity index (χ2v) is 10.1. The van der Waals surface area contributed by atoms with Gasteiger partial charge in [0.2, 0.25) is 0 Å². The lowest BCUT2D eigenvalue weighted by molar-refractivity contribution is 0.585. The van der Waals surface area contributed by atoms with E-state index in [0.717, 1.165) is 37.6 Å². The van der Waals surface area contributed by atoms with E-state index in [9.17, 15) is 8.42 Å². The fourth-order valence-electron chi connectivity index (χ4n) is 3.75. The first-order valence-electron chi connectivity index (χ1n) is 10.1. The molecule has 1 aromatic carbocycles. The normalized spacial score (nSPS) is 13.0. The summed E-state index contributed by atoms with van der Waals surface area (Å²) in [6, 6.07) is 7.04. The van der Waals surface area contributed by atoms with Crippen molar-refractivity contribution in [2.24, 2.45) is 7.05 Å². The molecule has 0 aliphatic carbocycles. The number of aryl methyl sites for hydroxylation is 2. The first-order chi connectivity index (χ1) is 15.2. The molecule has 1 aliphatic rings. The summed E-state index contributed by atoms with van der Waals surface area (Å²) in [6.45, 7) is 7.06. The van der Waals surface area contributed by atoms with Crippen molar-refractivity contribution in [3.63, 3.8) is 0 Å². The van der Waals surface area contributed by atoms with E-state index in [1.165, 1.54) is 0 Å². The standard InChI is InChI=1S/C21H24Cl2N6O2S.4ClH/c1-13-20(14(2)28(3)26-13)27-32(30,31)21-17(22)10-16(11-18(21)23)15-4-5-25-19(12-15)29-8-6-24-7-9-29;;;;/h4-5,10-12,24,27H,6-9H2,1-3H3;4*1H. The van der Waals surface area contributed by atoms with Gasteiger partial charge in [-0.25, -0.2) is 13.4 Å². The number of nitrogens with zero attached hydrogens (tertiary/aromatic N) is 4. The number of benzene rings is 1. The molecular formula is C21H28Cl6N6O2S. The van der Waals surface area contributed by atoms with E-state index in [2.05, 4.69) is 25.0 Å². The minimum Gasteiger partial charge on any atom is -0.354 e. The zero-order valence-electron chi connectivity index (χ0n) is 19.6. The number of halogens is 6. The Bertz CT molecular complexity index is 1260. The summed E-state index contributed by atoms with van der Waals surface area (Å²) in [7, 11) is -2.28. The van der Waals surface area contributed by atoms with Gasteiger partial charge in [-0.1, -0.05) is 23.2 Å². The fraction of sp³-hybridized carbons (Fsp3) is 0.333. The molecule has 15 heteroatoms. The van der Waals surface area contributed by atoms with Crippen molar-refractivity contribution in [2.45, 2.75) is 18.7 Å². The smallest absolute Gasteiger partial charge is 0.264 e. The average Bonchev–Trinajstić information content (AvgIpc) is 2.99. The van der Waals surface area contributed by atoms with Gasteiger partial charge in [0, 0.05) is 39.4 Å². The van der Waals surface area contributed by atoms with Gasteiger partial charge >= 0.3 is 0 Å². The number of hydrogen-bond donors (Lipinski definition) is 2. The Kier molecular flexibility index (Phi) is 13.7. The molecule has 0 bridgehead atoms. The van der Waals surface area contributed by atoms with Crippen LogP contribution in [0.1, 0.15) is 11.4 Å². The molecule has 4 rings (SSSR count). The van der Waals surface area contributed by atoms with E-state index in [1.54, 1.807) is 43.9 Å². The van der Waals surface area contributed by atoms with E-state index in [-0.39, 0.29) is 64.6 Å². The van der Waals surface area contributed by atoms with Crippen LogP contribution in [0.15, 0.2) is 35.4 Å². The van der Waals surface area contributed by atoms with Crippen molar-refractivity contribution in [1.82, 2.24) is 20.1 Å². The predicted octanol–water partition coefficient (Wildman–Crippen LogP) is 5.30. The monoisotopic (exact) mass is 638 g/mol. The van der Waals surface area contributed by atoms with E-state index < -0.39 is 10.0 Å². The van der Waals surface area contributed by atoms with Crippen molar-refractivity contribution in [1.29, 1.82) is 0 Å². The zero-order valence-corrected chi connectivity index (χ0v) is 25.2. The van der Waals surface area contributed by atoms with Gasteiger partial charge in [-0.2, -0.15) is 5.10 Å². The molecule has 2 N–H and O–H groups in total. The van der Waals surface area contributed by atoms with Gasteiger partial charge in [-0.15, -0.1) is 49.6 Å². The number of piperazine rings is 1. The molecule has 0 saturated carbocycles. The molecule has 2 aromatic heterocycles. The van der Waals surface area contributed by atoms with Gasteiger partial charge in [-0.3, -0.25) is 9.40 Å². The van der Waals surface area contributed by atoms with Gasteiger partial charge in [-0.05, 0) is 49.2 Å². The third kappa shape index (κ3) is 7.23. The Balaban J connectivity index is 0.00000306. The van der Waals surface area contributed by atoms with E-state index in [4.69, 9.17) is 23.2 Å². The second-order valence-electron chi connectivity index (χ2n) is 7.68. The molecular weight excluding hydrogens is 613 g/mol. The SMILES string of the molecule is Cc1nn(C)c(C)c1NS(=O)(=O)c1c(Cl)cc(-c2ccnc(N3CCNCC3)c2)cc1Cl.Cl.Cl.Cl.Cl. The van der Waals surface area contributed by atoms with Crippen molar-refractivity contribution in [2.75, 3.05) is 35.8 Å². The summed E-state index contributed by atoms with van der Waals surface area (Å²) in [4.78, 5) is 6.51. The van der Waals surface area contributed by atoms with Crippen LogP contribution >= 0.6 is 72.8 Å². The number of sulfonamides is 1. The van der Waals surface area contributed by atoms with Gasteiger partial charge in [0.05, 0.1) is 27.1 Å². The summed E-state index contributed by atoms with van der Waals surface area (Å²) >= 11 is 12.9. The fourth-order valence-corrected chi connectivity index (χ4v) is 6.15. The number of anilines is 2. The first kappa shape index (κ1) is 34.8. The Morgan fingerprint density at radius 3 is 2.08 bits per heavy atom.